The molecule has 1 saturated carbocycles. The van der Waals surface area contributed by atoms with E-state index in [-0.39, 0.29) is 36.7 Å². The summed E-state index contributed by atoms with van der Waals surface area (Å²) in [5, 5.41) is 9.92. The number of carbonyl (C=O) groups excluding carboxylic acids is 1. The van der Waals surface area contributed by atoms with Crippen LogP contribution in [0.4, 0.5) is 9.18 Å². The van der Waals surface area contributed by atoms with E-state index < -0.39 is 0 Å². The summed E-state index contributed by atoms with van der Waals surface area (Å²) in [7, 11) is 0. The molecule has 4 rings (SSSR count). The van der Waals surface area contributed by atoms with E-state index in [2.05, 4.69) is 15.7 Å². The minimum Gasteiger partial charge on any atom is -0.336 e. The van der Waals surface area contributed by atoms with E-state index in [1.165, 1.54) is 16.8 Å². The summed E-state index contributed by atoms with van der Waals surface area (Å²) in [6.45, 7) is 0.841. The fourth-order valence-corrected chi connectivity index (χ4v) is 3.13. The molecule has 1 aromatic heterocycles. The number of aromatic nitrogens is 3. The normalized spacial score (nSPS) is 13.3. The number of urea groups is 1. The van der Waals surface area contributed by atoms with Crippen molar-refractivity contribution >= 4 is 6.03 Å². The lowest BCUT2D eigenvalue weighted by molar-refractivity contribution is 0.240. The maximum absolute atomic E-state index is 12.9. The standard InChI is InChI=1S/C21H22FN5O2/c22-17-8-6-15(7-9-17)14-24-20(28)23-12-13-26-21(29)27(18-10-11-18)19(25-26)16-4-2-1-3-5-16/h1-9,18H,10-14H2,(H2,23,24,28). The lowest BCUT2D eigenvalue weighted by Crippen LogP contribution is -2.38. The van der Waals surface area contributed by atoms with Gasteiger partial charge in [0.2, 0.25) is 0 Å². The van der Waals surface area contributed by atoms with Gasteiger partial charge in [0.15, 0.2) is 5.82 Å². The predicted molar refractivity (Wildman–Crippen MR) is 107 cm³/mol. The highest BCUT2D eigenvalue weighted by atomic mass is 19.1. The van der Waals surface area contributed by atoms with Gasteiger partial charge in [0, 0.05) is 24.7 Å². The minimum atomic E-state index is -0.354. The van der Waals surface area contributed by atoms with Gasteiger partial charge in [-0.05, 0) is 30.5 Å². The van der Waals surface area contributed by atoms with Crippen molar-refractivity contribution < 1.29 is 9.18 Å². The summed E-state index contributed by atoms with van der Waals surface area (Å²) in [6.07, 6.45) is 1.96. The third-order valence-electron chi connectivity index (χ3n) is 4.79. The zero-order chi connectivity index (χ0) is 20.2. The predicted octanol–water partition coefficient (Wildman–Crippen LogP) is 2.69. The molecule has 1 fully saturated rings. The Kier molecular flexibility index (Phi) is 5.41. The molecule has 8 heteroatoms. The number of rotatable bonds is 7. The van der Waals surface area contributed by atoms with Crippen molar-refractivity contribution in [3.05, 3.63) is 76.5 Å². The molecule has 150 valence electrons. The van der Waals surface area contributed by atoms with Gasteiger partial charge in [-0.3, -0.25) is 4.57 Å². The van der Waals surface area contributed by atoms with Crippen molar-refractivity contribution in [2.75, 3.05) is 6.54 Å². The Morgan fingerprint density at radius 2 is 1.79 bits per heavy atom. The molecule has 1 aliphatic rings. The van der Waals surface area contributed by atoms with Gasteiger partial charge in [-0.15, -0.1) is 5.10 Å². The highest BCUT2D eigenvalue weighted by molar-refractivity contribution is 5.73. The first-order chi connectivity index (χ1) is 14.1. The molecule has 0 spiro atoms. The molecule has 0 saturated heterocycles. The molecule has 1 heterocycles. The van der Waals surface area contributed by atoms with E-state index in [1.807, 2.05) is 30.3 Å². The van der Waals surface area contributed by atoms with Gasteiger partial charge >= 0.3 is 11.7 Å². The summed E-state index contributed by atoms with van der Waals surface area (Å²) in [5.74, 6) is 0.350. The summed E-state index contributed by atoms with van der Waals surface area (Å²) in [5.41, 5.74) is 1.55. The maximum atomic E-state index is 12.9. The molecule has 2 N–H and O–H groups in total. The average molecular weight is 395 g/mol. The molecular weight excluding hydrogens is 373 g/mol. The van der Waals surface area contributed by atoms with Crippen molar-refractivity contribution in [2.24, 2.45) is 0 Å². The average Bonchev–Trinajstić information content (AvgIpc) is 3.52. The van der Waals surface area contributed by atoms with Crippen molar-refractivity contribution in [3.8, 4) is 11.4 Å². The number of nitrogens with zero attached hydrogens (tertiary/aromatic N) is 3. The van der Waals surface area contributed by atoms with Crippen LogP contribution in [-0.2, 0) is 13.1 Å². The van der Waals surface area contributed by atoms with Crippen LogP contribution < -0.4 is 16.3 Å². The number of nitrogens with one attached hydrogen (secondary N) is 2. The van der Waals surface area contributed by atoms with Crippen molar-refractivity contribution in [3.63, 3.8) is 0 Å². The van der Waals surface area contributed by atoms with Crippen LogP contribution in [0.15, 0.2) is 59.4 Å². The van der Waals surface area contributed by atoms with Crippen LogP contribution in [0.2, 0.25) is 0 Å². The SMILES string of the molecule is O=C(NCCn1nc(-c2ccccc2)n(C2CC2)c1=O)NCc1ccc(F)cc1. The molecule has 0 bridgehead atoms. The minimum absolute atomic E-state index is 0.153. The molecule has 29 heavy (non-hydrogen) atoms. The first kappa shape index (κ1) is 18.9. The Hall–Kier alpha value is -3.42. The topological polar surface area (TPSA) is 81.0 Å². The number of carbonyl (C=O) groups is 1. The molecule has 7 nitrogen and oxygen atoms in total. The molecular formula is C21H22FN5O2. The number of benzene rings is 2. The van der Waals surface area contributed by atoms with Crippen LogP contribution in [0.5, 0.6) is 0 Å². The lowest BCUT2D eigenvalue weighted by atomic mass is 10.2. The fourth-order valence-electron chi connectivity index (χ4n) is 3.13. The molecule has 3 aromatic rings. The second-order valence-electron chi connectivity index (χ2n) is 7.03. The zero-order valence-electron chi connectivity index (χ0n) is 15.8. The summed E-state index contributed by atoms with van der Waals surface area (Å²) in [4.78, 5) is 24.7. The van der Waals surface area contributed by atoms with E-state index in [9.17, 15) is 14.0 Å². The fraction of sp³-hybridized carbons (Fsp3) is 0.286. The van der Waals surface area contributed by atoms with Crippen molar-refractivity contribution in [1.29, 1.82) is 0 Å². The Morgan fingerprint density at radius 1 is 1.07 bits per heavy atom. The second-order valence-corrected chi connectivity index (χ2v) is 7.03. The van der Waals surface area contributed by atoms with E-state index in [4.69, 9.17) is 0 Å². The third kappa shape index (κ3) is 4.53. The summed E-state index contributed by atoms with van der Waals surface area (Å²) in [6, 6.07) is 15.4. The zero-order valence-corrected chi connectivity index (χ0v) is 15.8. The van der Waals surface area contributed by atoms with E-state index >= 15 is 0 Å². The van der Waals surface area contributed by atoms with E-state index in [0.29, 0.717) is 12.4 Å². The number of hydrogen-bond donors (Lipinski definition) is 2. The highest BCUT2D eigenvalue weighted by Gasteiger charge is 2.30. The van der Waals surface area contributed by atoms with Gasteiger partial charge in [-0.1, -0.05) is 42.5 Å². The Bertz CT molecular complexity index is 1040. The third-order valence-corrected chi connectivity index (χ3v) is 4.79. The molecule has 2 aromatic carbocycles. The van der Waals surface area contributed by atoms with E-state index in [1.54, 1.807) is 16.7 Å². The van der Waals surface area contributed by atoms with Crippen LogP contribution in [0, 0.1) is 5.82 Å². The van der Waals surface area contributed by atoms with Gasteiger partial charge in [-0.2, -0.15) is 0 Å². The lowest BCUT2D eigenvalue weighted by Gasteiger charge is -2.07. The van der Waals surface area contributed by atoms with Crippen molar-refractivity contribution in [2.45, 2.75) is 32.0 Å². The Morgan fingerprint density at radius 3 is 2.48 bits per heavy atom. The van der Waals surface area contributed by atoms with Gasteiger partial charge in [0.25, 0.3) is 0 Å². The Balaban J connectivity index is 1.35. The highest BCUT2D eigenvalue weighted by Crippen LogP contribution is 2.36. The number of amides is 2. The largest absolute Gasteiger partial charge is 0.346 e. The van der Waals surface area contributed by atoms with Gasteiger partial charge < -0.3 is 10.6 Å². The van der Waals surface area contributed by atoms with Gasteiger partial charge in [0.1, 0.15) is 5.82 Å². The smallest absolute Gasteiger partial charge is 0.336 e. The van der Waals surface area contributed by atoms with Crippen LogP contribution in [-0.4, -0.2) is 26.9 Å². The number of halogens is 1. The summed E-state index contributed by atoms with van der Waals surface area (Å²) < 4.78 is 16.1. The van der Waals surface area contributed by atoms with Gasteiger partial charge in [-0.25, -0.2) is 18.7 Å². The number of hydrogen-bond acceptors (Lipinski definition) is 3. The molecule has 1 aliphatic carbocycles. The van der Waals surface area contributed by atoms with Crippen LogP contribution >= 0.6 is 0 Å². The molecule has 0 radical (unpaired) electrons. The molecule has 2 amide bonds. The van der Waals surface area contributed by atoms with Crippen LogP contribution in [0.3, 0.4) is 0 Å². The van der Waals surface area contributed by atoms with Gasteiger partial charge in [0.05, 0.1) is 6.54 Å². The molecule has 0 atom stereocenters. The van der Waals surface area contributed by atoms with Crippen LogP contribution in [0.25, 0.3) is 11.4 Å². The summed E-state index contributed by atoms with van der Waals surface area (Å²) >= 11 is 0. The second kappa shape index (κ2) is 8.30. The first-order valence-corrected chi connectivity index (χ1v) is 9.63. The molecule has 0 unspecified atom stereocenters. The first-order valence-electron chi connectivity index (χ1n) is 9.63. The van der Waals surface area contributed by atoms with Crippen LogP contribution in [0.1, 0.15) is 24.4 Å². The van der Waals surface area contributed by atoms with Crippen molar-refractivity contribution in [1.82, 2.24) is 25.0 Å². The Labute approximate surface area is 167 Å². The monoisotopic (exact) mass is 395 g/mol. The van der Waals surface area contributed by atoms with E-state index in [0.717, 1.165) is 24.0 Å². The quantitative estimate of drug-likeness (QED) is 0.645. The maximum Gasteiger partial charge on any atom is 0.346 e. The molecule has 0 aliphatic heterocycles.